The Morgan fingerprint density at radius 2 is 1.44 bits per heavy atom. The van der Waals surface area contributed by atoms with Gasteiger partial charge in [0.15, 0.2) is 0 Å². The highest BCUT2D eigenvalue weighted by Gasteiger charge is 2.19. The van der Waals surface area contributed by atoms with Gasteiger partial charge in [0.1, 0.15) is 0 Å². The molecule has 0 atom stereocenters. The van der Waals surface area contributed by atoms with Crippen molar-refractivity contribution in [2.45, 2.75) is 77.7 Å². The van der Waals surface area contributed by atoms with Crippen molar-refractivity contribution < 1.29 is 0 Å². The third-order valence-electron chi connectivity index (χ3n) is 3.82. The smallest absolute Gasteiger partial charge is 0.00682 e. The second kappa shape index (κ2) is 10.8. The Labute approximate surface area is 115 Å². The van der Waals surface area contributed by atoms with Crippen LogP contribution in [0.5, 0.6) is 0 Å². The molecule has 2 heteroatoms. The fourth-order valence-electron chi connectivity index (χ4n) is 2.33. The molecular formula is C16H34N2. The van der Waals surface area contributed by atoms with Gasteiger partial charge in [-0.25, -0.2) is 0 Å². The van der Waals surface area contributed by atoms with Crippen LogP contribution in [0.25, 0.3) is 0 Å². The molecule has 108 valence electrons. The Hall–Kier alpha value is -0.0800. The van der Waals surface area contributed by atoms with E-state index in [1.54, 1.807) is 0 Å². The van der Waals surface area contributed by atoms with E-state index in [9.17, 15) is 0 Å². The molecule has 0 aromatic carbocycles. The maximum Gasteiger partial charge on any atom is 0.00682 e. The Kier molecular flexibility index (Phi) is 9.59. The van der Waals surface area contributed by atoms with E-state index < -0.39 is 0 Å². The Morgan fingerprint density at radius 3 is 2.00 bits per heavy atom. The van der Waals surface area contributed by atoms with Gasteiger partial charge >= 0.3 is 0 Å². The summed E-state index contributed by atoms with van der Waals surface area (Å²) in [4.78, 5) is 2.68. The molecule has 0 aromatic heterocycles. The zero-order valence-electron chi connectivity index (χ0n) is 12.7. The van der Waals surface area contributed by atoms with E-state index in [1.807, 2.05) is 0 Å². The summed E-state index contributed by atoms with van der Waals surface area (Å²) >= 11 is 0. The van der Waals surface area contributed by atoms with Crippen molar-refractivity contribution in [2.24, 2.45) is 0 Å². The number of unbranched alkanes of at least 4 members (excludes halogenated alkanes) is 4. The normalized spacial score (nSPS) is 15.5. The zero-order chi connectivity index (χ0) is 13.1. The minimum absolute atomic E-state index is 0.885. The van der Waals surface area contributed by atoms with Gasteiger partial charge in [-0.15, -0.1) is 0 Å². The maximum atomic E-state index is 3.60. The predicted octanol–water partition coefficient (Wildman–Crippen LogP) is 3.81. The molecule has 0 amide bonds. The molecule has 1 aliphatic carbocycles. The summed E-state index contributed by atoms with van der Waals surface area (Å²) in [6.45, 7) is 9.79. The van der Waals surface area contributed by atoms with E-state index >= 15 is 0 Å². The van der Waals surface area contributed by atoms with Gasteiger partial charge in [0.25, 0.3) is 0 Å². The van der Waals surface area contributed by atoms with E-state index in [0.29, 0.717) is 0 Å². The molecular weight excluding hydrogens is 220 g/mol. The third-order valence-corrected chi connectivity index (χ3v) is 3.82. The second-order valence-corrected chi connectivity index (χ2v) is 5.84. The van der Waals surface area contributed by atoms with Crippen molar-refractivity contribution in [3.8, 4) is 0 Å². The van der Waals surface area contributed by atoms with Crippen LogP contribution in [0.3, 0.4) is 0 Å². The highest BCUT2D eigenvalue weighted by molar-refractivity contribution is 4.80. The summed E-state index contributed by atoms with van der Waals surface area (Å²) in [5.41, 5.74) is 0. The molecule has 0 heterocycles. The van der Waals surface area contributed by atoms with Crippen molar-refractivity contribution in [3.05, 3.63) is 0 Å². The first kappa shape index (κ1) is 16.0. The van der Waals surface area contributed by atoms with Gasteiger partial charge in [0.05, 0.1) is 0 Å². The van der Waals surface area contributed by atoms with Gasteiger partial charge in [-0.1, -0.05) is 33.1 Å². The van der Waals surface area contributed by atoms with Crippen LogP contribution in [0.15, 0.2) is 0 Å². The van der Waals surface area contributed by atoms with E-state index in [1.165, 1.54) is 84.0 Å². The van der Waals surface area contributed by atoms with E-state index in [4.69, 9.17) is 0 Å². The maximum absolute atomic E-state index is 3.60. The lowest BCUT2D eigenvalue weighted by Crippen LogP contribution is -2.27. The summed E-state index contributed by atoms with van der Waals surface area (Å²) in [6, 6.07) is 0.885. The highest BCUT2D eigenvalue weighted by atomic mass is 15.1. The zero-order valence-corrected chi connectivity index (χ0v) is 12.7. The van der Waals surface area contributed by atoms with Crippen molar-refractivity contribution in [2.75, 3.05) is 26.2 Å². The molecule has 0 aliphatic heterocycles. The molecule has 0 bridgehead atoms. The van der Waals surface area contributed by atoms with Crippen LogP contribution in [0.1, 0.15) is 71.6 Å². The van der Waals surface area contributed by atoms with E-state index in [2.05, 4.69) is 24.1 Å². The monoisotopic (exact) mass is 254 g/mol. The van der Waals surface area contributed by atoms with Crippen LogP contribution >= 0.6 is 0 Å². The average Bonchev–Trinajstić information content (AvgIpc) is 3.20. The van der Waals surface area contributed by atoms with Crippen LogP contribution in [0.4, 0.5) is 0 Å². The quantitative estimate of drug-likeness (QED) is 0.503. The first-order valence-electron chi connectivity index (χ1n) is 8.32. The van der Waals surface area contributed by atoms with Gasteiger partial charge in [-0.05, 0) is 64.7 Å². The van der Waals surface area contributed by atoms with Gasteiger partial charge in [-0.2, -0.15) is 0 Å². The van der Waals surface area contributed by atoms with E-state index in [0.717, 1.165) is 6.04 Å². The van der Waals surface area contributed by atoms with Crippen LogP contribution in [-0.2, 0) is 0 Å². The molecule has 2 nitrogen and oxygen atoms in total. The van der Waals surface area contributed by atoms with Gasteiger partial charge in [-0.3, -0.25) is 0 Å². The molecule has 0 unspecified atom stereocenters. The molecule has 1 aliphatic rings. The minimum Gasteiger partial charge on any atom is -0.314 e. The van der Waals surface area contributed by atoms with Crippen molar-refractivity contribution in [1.29, 1.82) is 0 Å². The van der Waals surface area contributed by atoms with Crippen LogP contribution in [-0.4, -0.2) is 37.1 Å². The molecule has 0 aromatic rings. The highest BCUT2D eigenvalue weighted by Crippen LogP contribution is 2.18. The molecule has 1 fully saturated rings. The van der Waals surface area contributed by atoms with Gasteiger partial charge in [0, 0.05) is 6.04 Å². The summed E-state index contributed by atoms with van der Waals surface area (Å²) in [5, 5.41) is 3.60. The predicted molar refractivity (Wildman–Crippen MR) is 81.1 cm³/mol. The average molecular weight is 254 g/mol. The summed E-state index contributed by atoms with van der Waals surface area (Å²) in [5.74, 6) is 0. The Balaban J connectivity index is 1.92. The fourth-order valence-corrected chi connectivity index (χ4v) is 2.33. The molecule has 0 spiro atoms. The number of hydrogen-bond donors (Lipinski definition) is 1. The Bertz CT molecular complexity index is 170. The molecule has 1 N–H and O–H groups in total. The first-order valence-corrected chi connectivity index (χ1v) is 8.32. The number of hydrogen-bond acceptors (Lipinski definition) is 2. The molecule has 18 heavy (non-hydrogen) atoms. The lowest BCUT2D eigenvalue weighted by Gasteiger charge is -2.21. The van der Waals surface area contributed by atoms with E-state index in [-0.39, 0.29) is 0 Å². The van der Waals surface area contributed by atoms with Crippen LogP contribution in [0.2, 0.25) is 0 Å². The van der Waals surface area contributed by atoms with Crippen LogP contribution < -0.4 is 5.32 Å². The molecule has 0 radical (unpaired) electrons. The molecule has 1 saturated carbocycles. The Morgan fingerprint density at radius 1 is 0.833 bits per heavy atom. The number of nitrogens with zero attached hydrogens (tertiary/aromatic N) is 1. The van der Waals surface area contributed by atoms with Gasteiger partial charge < -0.3 is 10.2 Å². The summed E-state index contributed by atoms with van der Waals surface area (Å²) < 4.78 is 0. The largest absolute Gasteiger partial charge is 0.314 e. The standard InChI is InChI=1S/C16H34N2/c1-3-5-13-18(14-6-4-2)15-9-7-8-12-17-16-10-11-16/h16-17H,3-15H2,1-2H3. The molecule has 1 rings (SSSR count). The van der Waals surface area contributed by atoms with Crippen molar-refractivity contribution in [3.63, 3.8) is 0 Å². The number of rotatable bonds is 13. The van der Waals surface area contributed by atoms with Crippen molar-refractivity contribution in [1.82, 2.24) is 10.2 Å². The lowest BCUT2D eigenvalue weighted by atomic mass is 10.2. The second-order valence-electron chi connectivity index (χ2n) is 5.84. The topological polar surface area (TPSA) is 15.3 Å². The van der Waals surface area contributed by atoms with Crippen LogP contribution in [0, 0.1) is 0 Å². The minimum atomic E-state index is 0.885. The summed E-state index contributed by atoms with van der Waals surface area (Å²) in [7, 11) is 0. The summed E-state index contributed by atoms with van der Waals surface area (Å²) in [6.07, 6.45) is 12.4. The first-order chi connectivity index (χ1) is 8.86. The SMILES string of the molecule is CCCCN(CCCC)CCCCCNC1CC1. The lowest BCUT2D eigenvalue weighted by molar-refractivity contribution is 0.259. The number of nitrogens with one attached hydrogen (secondary N) is 1. The van der Waals surface area contributed by atoms with Gasteiger partial charge in [0.2, 0.25) is 0 Å². The fraction of sp³-hybridized carbons (Fsp3) is 1.00. The van der Waals surface area contributed by atoms with Crippen molar-refractivity contribution >= 4 is 0 Å². The molecule has 0 saturated heterocycles. The third kappa shape index (κ3) is 8.93.